The minimum Gasteiger partial charge on any atom is -0.496 e. The van der Waals surface area contributed by atoms with Crippen molar-refractivity contribution in [3.8, 4) is 11.5 Å². The Kier molecular flexibility index (Phi) is 7.99. The lowest BCUT2D eigenvalue weighted by atomic mass is 10.1. The van der Waals surface area contributed by atoms with E-state index in [0.29, 0.717) is 17.9 Å². The number of nitrogens with zero attached hydrogens (tertiary/aromatic N) is 1. The van der Waals surface area contributed by atoms with Gasteiger partial charge >= 0.3 is 0 Å². The van der Waals surface area contributed by atoms with Crippen LogP contribution in [0.2, 0.25) is 0 Å². The van der Waals surface area contributed by atoms with E-state index in [0.717, 1.165) is 34.8 Å². The van der Waals surface area contributed by atoms with Crippen molar-refractivity contribution in [2.45, 2.75) is 6.61 Å². The number of fused-ring (bicyclic) bond motifs is 1. The van der Waals surface area contributed by atoms with Gasteiger partial charge in [0.05, 0.1) is 26.0 Å². The second kappa shape index (κ2) is 11.1. The predicted molar refractivity (Wildman–Crippen MR) is 148 cm³/mol. The van der Waals surface area contributed by atoms with Crippen LogP contribution in [0.3, 0.4) is 0 Å². The van der Waals surface area contributed by atoms with Gasteiger partial charge in [-0.3, -0.25) is 4.79 Å². The van der Waals surface area contributed by atoms with Crippen LogP contribution in [0.5, 0.6) is 11.5 Å². The zero-order valence-electron chi connectivity index (χ0n) is 18.0. The SMILES string of the molecule is COc1cc2ccccc2cc1C(=O)N/N=C\c1cc(I)c(OCc2ccc(F)cc2)c(I)c1. The van der Waals surface area contributed by atoms with E-state index in [9.17, 15) is 9.18 Å². The topological polar surface area (TPSA) is 59.9 Å². The van der Waals surface area contributed by atoms with Gasteiger partial charge in [-0.15, -0.1) is 0 Å². The average molecular weight is 680 g/mol. The van der Waals surface area contributed by atoms with E-state index in [2.05, 4.69) is 55.7 Å². The zero-order valence-corrected chi connectivity index (χ0v) is 22.3. The number of ether oxygens (including phenoxy) is 2. The van der Waals surface area contributed by atoms with Crippen molar-refractivity contribution < 1.29 is 18.7 Å². The van der Waals surface area contributed by atoms with Crippen molar-refractivity contribution in [3.05, 3.63) is 102 Å². The molecule has 0 spiro atoms. The molecule has 0 heterocycles. The van der Waals surface area contributed by atoms with Gasteiger partial charge in [-0.1, -0.05) is 36.4 Å². The summed E-state index contributed by atoms with van der Waals surface area (Å²) in [6.45, 7) is 0.337. The smallest absolute Gasteiger partial charge is 0.275 e. The molecule has 0 radical (unpaired) electrons. The largest absolute Gasteiger partial charge is 0.496 e. The zero-order chi connectivity index (χ0) is 24.1. The molecule has 34 heavy (non-hydrogen) atoms. The molecule has 0 fully saturated rings. The lowest BCUT2D eigenvalue weighted by Crippen LogP contribution is -2.18. The number of halogens is 3. The average Bonchev–Trinajstić information content (AvgIpc) is 2.83. The molecule has 8 heteroatoms. The fraction of sp³-hybridized carbons (Fsp3) is 0.0769. The van der Waals surface area contributed by atoms with Gasteiger partial charge in [0, 0.05) is 0 Å². The third kappa shape index (κ3) is 5.84. The molecule has 0 saturated carbocycles. The summed E-state index contributed by atoms with van der Waals surface area (Å²) in [5.41, 5.74) is 4.68. The first-order valence-corrected chi connectivity index (χ1v) is 12.4. The number of carbonyl (C=O) groups excluding carboxylic acids is 1. The second-order valence-electron chi connectivity index (χ2n) is 7.33. The molecule has 172 valence electrons. The maximum Gasteiger partial charge on any atom is 0.275 e. The number of hydrogen-bond acceptors (Lipinski definition) is 4. The summed E-state index contributed by atoms with van der Waals surface area (Å²) in [6, 6.07) is 21.4. The standard InChI is InChI=1S/C26H19FI2N2O3/c1-33-24-13-19-5-3-2-4-18(19)12-21(24)26(32)31-30-14-17-10-22(28)25(23(29)11-17)34-15-16-6-8-20(27)9-7-16/h2-14H,15H2,1H3,(H,31,32)/b30-14-. The highest BCUT2D eigenvalue weighted by Crippen LogP contribution is 2.29. The molecule has 0 bridgehead atoms. The first kappa shape index (κ1) is 24.4. The summed E-state index contributed by atoms with van der Waals surface area (Å²) in [6.07, 6.45) is 1.58. The van der Waals surface area contributed by atoms with Gasteiger partial charge in [-0.2, -0.15) is 5.10 Å². The molecular weight excluding hydrogens is 661 g/mol. The van der Waals surface area contributed by atoms with Crippen LogP contribution >= 0.6 is 45.2 Å². The quantitative estimate of drug-likeness (QED) is 0.137. The Morgan fingerprint density at radius 1 is 1.00 bits per heavy atom. The van der Waals surface area contributed by atoms with Crippen LogP contribution in [-0.4, -0.2) is 19.2 Å². The van der Waals surface area contributed by atoms with E-state index in [1.807, 2.05) is 42.5 Å². The van der Waals surface area contributed by atoms with Crippen LogP contribution < -0.4 is 14.9 Å². The number of amides is 1. The number of hydrazone groups is 1. The maximum absolute atomic E-state index is 13.1. The van der Waals surface area contributed by atoms with Crippen molar-refractivity contribution in [1.82, 2.24) is 5.43 Å². The molecule has 4 rings (SSSR count). The molecule has 0 aliphatic carbocycles. The van der Waals surface area contributed by atoms with Crippen LogP contribution in [0.25, 0.3) is 10.8 Å². The Balaban J connectivity index is 1.45. The van der Waals surface area contributed by atoms with Gasteiger partial charge < -0.3 is 9.47 Å². The van der Waals surface area contributed by atoms with Gasteiger partial charge in [0.2, 0.25) is 0 Å². The molecule has 4 aromatic carbocycles. The number of carbonyl (C=O) groups is 1. The van der Waals surface area contributed by atoms with Gasteiger partial charge in [0.1, 0.15) is 23.9 Å². The Morgan fingerprint density at radius 3 is 2.29 bits per heavy atom. The maximum atomic E-state index is 13.1. The van der Waals surface area contributed by atoms with Crippen molar-refractivity contribution >= 4 is 68.1 Å². The molecular formula is C26H19FI2N2O3. The van der Waals surface area contributed by atoms with E-state index in [-0.39, 0.29) is 11.7 Å². The van der Waals surface area contributed by atoms with E-state index in [1.54, 1.807) is 24.4 Å². The van der Waals surface area contributed by atoms with Crippen LogP contribution in [0.1, 0.15) is 21.5 Å². The Morgan fingerprint density at radius 2 is 1.65 bits per heavy atom. The molecule has 0 aliphatic rings. The third-order valence-electron chi connectivity index (χ3n) is 5.01. The summed E-state index contributed by atoms with van der Waals surface area (Å²) < 4.78 is 26.2. The number of methoxy groups -OCH3 is 1. The molecule has 0 aliphatic heterocycles. The van der Waals surface area contributed by atoms with Crippen molar-refractivity contribution in [3.63, 3.8) is 0 Å². The van der Waals surface area contributed by atoms with E-state index in [1.165, 1.54) is 19.2 Å². The molecule has 4 aromatic rings. The molecule has 5 nitrogen and oxygen atoms in total. The van der Waals surface area contributed by atoms with Gasteiger partial charge in [-0.25, -0.2) is 9.82 Å². The van der Waals surface area contributed by atoms with E-state index >= 15 is 0 Å². The van der Waals surface area contributed by atoms with Crippen LogP contribution in [-0.2, 0) is 6.61 Å². The van der Waals surface area contributed by atoms with E-state index in [4.69, 9.17) is 9.47 Å². The number of hydrogen-bond donors (Lipinski definition) is 1. The Bertz CT molecular complexity index is 1350. The molecule has 0 atom stereocenters. The van der Waals surface area contributed by atoms with Gasteiger partial charge in [0.15, 0.2) is 0 Å². The number of rotatable bonds is 7. The Hall–Kier alpha value is -2.73. The van der Waals surface area contributed by atoms with Crippen LogP contribution in [0, 0.1) is 13.0 Å². The van der Waals surface area contributed by atoms with Crippen LogP contribution in [0.4, 0.5) is 4.39 Å². The fourth-order valence-electron chi connectivity index (χ4n) is 3.32. The first-order valence-electron chi connectivity index (χ1n) is 10.2. The highest BCUT2D eigenvalue weighted by atomic mass is 127. The molecule has 1 N–H and O–H groups in total. The minimum atomic E-state index is -0.359. The summed E-state index contributed by atoms with van der Waals surface area (Å²) in [7, 11) is 1.54. The lowest BCUT2D eigenvalue weighted by molar-refractivity contribution is 0.0952. The minimum absolute atomic E-state index is 0.275. The lowest BCUT2D eigenvalue weighted by Gasteiger charge is -2.11. The van der Waals surface area contributed by atoms with Gasteiger partial charge in [-0.05, 0) is 103 Å². The summed E-state index contributed by atoms with van der Waals surface area (Å²) in [5, 5.41) is 6.06. The van der Waals surface area contributed by atoms with Crippen molar-refractivity contribution in [2.75, 3.05) is 7.11 Å². The highest BCUT2D eigenvalue weighted by Gasteiger charge is 2.13. The number of nitrogens with one attached hydrogen (secondary N) is 1. The molecule has 0 saturated heterocycles. The summed E-state index contributed by atoms with van der Waals surface area (Å²) >= 11 is 4.39. The predicted octanol–water partition coefficient (Wildman–Crippen LogP) is 6.54. The van der Waals surface area contributed by atoms with Crippen molar-refractivity contribution in [1.29, 1.82) is 0 Å². The molecule has 0 aromatic heterocycles. The van der Waals surface area contributed by atoms with E-state index < -0.39 is 0 Å². The Labute approximate surface area is 223 Å². The third-order valence-corrected chi connectivity index (χ3v) is 6.61. The molecule has 1 amide bonds. The highest BCUT2D eigenvalue weighted by molar-refractivity contribution is 14.1. The first-order chi connectivity index (χ1) is 16.4. The normalized spacial score (nSPS) is 11.1. The summed E-state index contributed by atoms with van der Waals surface area (Å²) in [5.74, 6) is 0.593. The van der Waals surface area contributed by atoms with Gasteiger partial charge in [0.25, 0.3) is 5.91 Å². The fourth-order valence-corrected chi connectivity index (χ4v) is 5.45. The number of benzene rings is 4. The monoisotopic (exact) mass is 680 g/mol. The molecule has 0 unspecified atom stereocenters. The summed E-state index contributed by atoms with van der Waals surface area (Å²) in [4.78, 5) is 12.7. The second-order valence-corrected chi connectivity index (χ2v) is 9.65. The van der Waals surface area contributed by atoms with Crippen LogP contribution in [0.15, 0.2) is 77.9 Å². The van der Waals surface area contributed by atoms with Crippen molar-refractivity contribution in [2.24, 2.45) is 5.10 Å².